The van der Waals surface area contributed by atoms with Crippen molar-refractivity contribution in [2.75, 3.05) is 0 Å². The Labute approximate surface area is 86.4 Å². The molecule has 0 N–H and O–H groups in total. The summed E-state index contributed by atoms with van der Waals surface area (Å²) < 4.78 is 0. The predicted octanol–water partition coefficient (Wildman–Crippen LogP) is 3.63. The van der Waals surface area contributed by atoms with Crippen molar-refractivity contribution in [2.45, 2.75) is 48.5 Å². The molecule has 0 fully saturated rings. The molecule has 0 bridgehead atoms. The number of allylic oxidation sites excluding steroid dienone is 2. The fraction of sp³-hybridized carbons (Fsp3) is 0.818. The van der Waals surface area contributed by atoms with Crippen LogP contribution in [0.3, 0.4) is 0 Å². The third-order valence-electron chi connectivity index (χ3n) is 2.14. The normalized spacial score (nSPS) is 12.5. The molecule has 0 aromatic heterocycles. The minimum absolute atomic E-state index is 0.157. The summed E-state index contributed by atoms with van der Waals surface area (Å²) in [5.41, 5.74) is 0.880. The topological polar surface area (TPSA) is 43.1 Å². The number of hydrogen-bond acceptors (Lipinski definition) is 2. The molecule has 14 heavy (non-hydrogen) atoms. The summed E-state index contributed by atoms with van der Waals surface area (Å²) in [4.78, 5) is 10.5. The summed E-state index contributed by atoms with van der Waals surface area (Å²) in [6.07, 6.45) is 0. The van der Waals surface area contributed by atoms with Gasteiger partial charge in [-0.1, -0.05) is 41.5 Å². The van der Waals surface area contributed by atoms with Gasteiger partial charge < -0.3 is 0 Å². The summed E-state index contributed by atoms with van der Waals surface area (Å²) in [5.74, 6) is 0. The number of nitro groups is 1. The van der Waals surface area contributed by atoms with Crippen LogP contribution in [0.4, 0.5) is 0 Å². The van der Waals surface area contributed by atoms with Crippen LogP contribution < -0.4 is 0 Å². The third-order valence-corrected chi connectivity index (χ3v) is 2.14. The Morgan fingerprint density at radius 1 is 1.00 bits per heavy atom. The number of nitrogens with zero attached hydrogens (tertiary/aromatic N) is 1. The smallest absolute Gasteiger partial charge is 0.243 e. The molecule has 0 unspecified atom stereocenters. The molecule has 0 aromatic rings. The fourth-order valence-electron chi connectivity index (χ4n) is 2.30. The zero-order valence-electron chi connectivity index (χ0n) is 10.3. The molecular formula is C11H21NO2. The van der Waals surface area contributed by atoms with E-state index in [-0.39, 0.29) is 21.5 Å². The van der Waals surface area contributed by atoms with Gasteiger partial charge in [0.25, 0.3) is 0 Å². The van der Waals surface area contributed by atoms with Crippen LogP contribution in [0.1, 0.15) is 48.5 Å². The predicted molar refractivity (Wildman–Crippen MR) is 58.6 cm³/mol. The Hall–Kier alpha value is -0.860. The van der Waals surface area contributed by atoms with Gasteiger partial charge in [-0.15, -0.1) is 0 Å². The lowest BCUT2D eigenvalue weighted by atomic mass is 9.71. The maximum atomic E-state index is 10.8. The first-order valence-electron chi connectivity index (χ1n) is 4.84. The first-order valence-corrected chi connectivity index (χ1v) is 4.84. The lowest BCUT2D eigenvalue weighted by Crippen LogP contribution is -2.25. The van der Waals surface area contributed by atoms with E-state index in [9.17, 15) is 10.1 Å². The minimum Gasteiger partial charge on any atom is -0.259 e. The second-order valence-electron chi connectivity index (χ2n) is 5.72. The van der Waals surface area contributed by atoms with Gasteiger partial charge in [-0.25, -0.2) is 0 Å². The van der Waals surface area contributed by atoms with Crippen LogP contribution in [0.15, 0.2) is 11.3 Å². The lowest BCUT2D eigenvalue weighted by molar-refractivity contribution is -0.427. The SMILES string of the molecule is CC(=C(C(C)(C)C)C(C)(C)C)[N+](=O)[O-]. The zero-order chi connectivity index (χ0) is 11.7. The molecule has 0 atom stereocenters. The third kappa shape index (κ3) is 3.13. The summed E-state index contributed by atoms with van der Waals surface area (Å²) in [6.45, 7) is 13.7. The molecule has 0 saturated heterocycles. The van der Waals surface area contributed by atoms with E-state index >= 15 is 0 Å². The van der Waals surface area contributed by atoms with Crippen LogP contribution in [-0.2, 0) is 0 Å². The molecule has 0 aliphatic rings. The van der Waals surface area contributed by atoms with Crippen LogP contribution in [0.2, 0.25) is 0 Å². The highest BCUT2D eigenvalue weighted by Crippen LogP contribution is 2.41. The van der Waals surface area contributed by atoms with Crippen LogP contribution in [0.25, 0.3) is 0 Å². The molecule has 0 aliphatic carbocycles. The van der Waals surface area contributed by atoms with Gasteiger partial charge in [-0.3, -0.25) is 10.1 Å². The van der Waals surface area contributed by atoms with Crippen molar-refractivity contribution in [3.63, 3.8) is 0 Å². The molecule has 0 aliphatic heterocycles. The standard InChI is InChI=1S/C11H21NO2/c1-8(12(13)14)9(10(2,3)4)11(5,6)7/h1-7H3. The summed E-state index contributed by atoms with van der Waals surface area (Å²) >= 11 is 0. The molecule has 0 aromatic carbocycles. The van der Waals surface area contributed by atoms with E-state index in [1.54, 1.807) is 6.92 Å². The molecule has 0 amide bonds. The van der Waals surface area contributed by atoms with Gasteiger partial charge >= 0.3 is 0 Å². The van der Waals surface area contributed by atoms with Crippen LogP contribution >= 0.6 is 0 Å². The van der Waals surface area contributed by atoms with E-state index in [1.807, 2.05) is 41.5 Å². The van der Waals surface area contributed by atoms with Crippen molar-refractivity contribution < 1.29 is 4.92 Å². The molecule has 0 rings (SSSR count). The molecule has 0 saturated carbocycles. The van der Waals surface area contributed by atoms with E-state index in [1.165, 1.54) is 0 Å². The van der Waals surface area contributed by atoms with Crippen molar-refractivity contribution in [3.8, 4) is 0 Å². The summed E-state index contributed by atoms with van der Waals surface area (Å²) in [5, 5.41) is 10.8. The average Bonchev–Trinajstić information content (AvgIpc) is 1.79. The molecule has 0 spiro atoms. The second kappa shape index (κ2) is 3.71. The van der Waals surface area contributed by atoms with E-state index in [2.05, 4.69) is 0 Å². The maximum Gasteiger partial charge on any atom is 0.243 e. The van der Waals surface area contributed by atoms with Gasteiger partial charge in [0.2, 0.25) is 5.70 Å². The molecule has 0 heterocycles. The van der Waals surface area contributed by atoms with E-state index in [0.717, 1.165) is 5.57 Å². The Bertz CT molecular complexity index is 248. The Kier molecular flexibility index (Phi) is 3.49. The quantitative estimate of drug-likeness (QED) is 0.478. The highest BCUT2D eigenvalue weighted by Gasteiger charge is 2.34. The first kappa shape index (κ1) is 13.1. The second-order valence-corrected chi connectivity index (χ2v) is 5.72. The van der Waals surface area contributed by atoms with Gasteiger partial charge in [0.1, 0.15) is 0 Å². The van der Waals surface area contributed by atoms with Crippen molar-refractivity contribution >= 4 is 0 Å². The fourth-order valence-corrected chi connectivity index (χ4v) is 2.30. The number of rotatable bonds is 1. The van der Waals surface area contributed by atoms with Crippen LogP contribution in [0, 0.1) is 20.9 Å². The molecule has 3 heteroatoms. The average molecular weight is 199 g/mol. The van der Waals surface area contributed by atoms with Gasteiger partial charge in [0.05, 0.1) is 4.92 Å². The highest BCUT2D eigenvalue weighted by atomic mass is 16.6. The monoisotopic (exact) mass is 199 g/mol. The Balaban J connectivity index is 5.57. The van der Waals surface area contributed by atoms with E-state index in [0.29, 0.717) is 0 Å². The minimum atomic E-state index is -0.286. The van der Waals surface area contributed by atoms with Crippen LogP contribution in [-0.4, -0.2) is 4.92 Å². The molecule has 3 nitrogen and oxygen atoms in total. The van der Waals surface area contributed by atoms with E-state index < -0.39 is 0 Å². The first-order chi connectivity index (χ1) is 5.98. The molecular weight excluding hydrogens is 178 g/mol. The van der Waals surface area contributed by atoms with Gasteiger partial charge in [-0.05, 0) is 10.8 Å². The molecule has 0 radical (unpaired) electrons. The van der Waals surface area contributed by atoms with E-state index in [4.69, 9.17) is 0 Å². The molecule has 82 valence electrons. The van der Waals surface area contributed by atoms with Crippen molar-refractivity contribution in [3.05, 3.63) is 21.4 Å². The Morgan fingerprint density at radius 3 is 1.36 bits per heavy atom. The van der Waals surface area contributed by atoms with Gasteiger partial charge in [0.15, 0.2) is 0 Å². The summed E-state index contributed by atoms with van der Waals surface area (Å²) in [7, 11) is 0. The maximum absolute atomic E-state index is 10.8. The highest BCUT2D eigenvalue weighted by molar-refractivity contribution is 5.20. The lowest BCUT2D eigenvalue weighted by Gasteiger charge is -2.32. The van der Waals surface area contributed by atoms with Crippen LogP contribution in [0.5, 0.6) is 0 Å². The Morgan fingerprint density at radius 2 is 1.29 bits per heavy atom. The zero-order valence-corrected chi connectivity index (χ0v) is 10.3. The van der Waals surface area contributed by atoms with Crippen molar-refractivity contribution in [1.82, 2.24) is 0 Å². The summed E-state index contributed by atoms with van der Waals surface area (Å²) in [6, 6.07) is 0. The van der Waals surface area contributed by atoms with Crippen molar-refractivity contribution in [2.24, 2.45) is 10.8 Å². The van der Waals surface area contributed by atoms with Crippen molar-refractivity contribution in [1.29, 1.82) is 0 Å². The van der Waals surface area contributed by atoms with Gasteiger partial charge in [-0.2, -0.15) is 0 Å². The van der Waals surface area contributed by atoms with Gasteiger partial charge in [0, 0.05) is 12.5 Å². The number of hydrogen-bond donors (Lipinski definition) is 0. The largest absolute Gasteiger partial charge is 0.259 e.